The molecule has 0 bridgehead atoms. The number of rotatable bonds is 5. The summed E-state index contributed by atoms with van der Waals surface area (Å²) in [4.78, 5) is 32.6. The van der Waals surface area contributed by atoms with Crippen LogP contribution >= 0.6 is 0 Å². The maximum atomic E-state index is 12.5. The molecule has 1 saturated carbocycles. The molecule has 3 N–H and O–H groups in total. The highest BCUT2D eigenvalue weighted by Gasteiger charge is 2.77. The van der Waals surface area contributed by atoms with Crippen LogP contribution in [0, 0.1) is 22.7 Å². The number of carboxylic acid groups (broad SMARTS) is 1. The van der Waals surface area contributed by atoms with E-state index in [2.05, 4.69) is 22.2 Å². The molecule has 5 rings (SSSR count). The summed E-state index contributed by atoms with van der Waals surface area (Å²) in [5, 5.41) is 13.3. The number of carbonyl (C=O) groups excluding carboxylic acids is 1. The highest BCUT2D eigenvalue weighted by Crippen LogP contribution is 2.74. The SMILES string of the molecule is CC1(C23CN(C(=O)O)CC2C3CCNC(=O)c2cc3cnccc3[nH]2)COC1. The topological polar surface area (TPSA) is 108 Å². The Bertz CT molecular complexity index is 920. The number of amides is 2. The molecule has 2 aliphatic heterocycles. The van der Waals surface area contributed by atoms with Crippen LogP contribution < -0.4 is 5.32 Å². The van der Waals surface area contributed by atoms with Gasteiger partial charge in [-0.15, -0.1) is 0 Å². The predicted octanol–water partition coefficient (Wildman–Crippen LogP) is 1.95. The van der Waals surface area contributed by atoms with Gasteiger partial charge in [-0.05, 0) is 30.4 Å². The number of aromatic amines is 1. The van der Waals surface area contributed by atoms with E-state index >= 15 is 0 Å². The average Bonchev–Trinajstić information content (AvgIpc) is 3.03. The van der Waals surface area contributed by atoms with Gasteiger partial charge in [0.25, 0.3) is 5.91 Å². The van der Waals surface area contributed by atoms with Crippen molar-refractivity contribution >= 4 is 22.9 Å². The van der Waals surface area contributed by atoms with Crippen LogP contribution in [0.25, 0.3) is 10.9 Å². The van der Waals surface area contributed by atoms with Crippen molar-refractivity contribution in [1.82, 2.24) is 20.2 Å². The van der Waals surface area contributed by atoms with Crippen LogP contribution in [0.1, 0.15) is 23.8 Å². The van der Waals surface area contributed by atoms with Crippen molar-refractivity contribution in [1.29, 1.82) is 0 Å². The molecule has 1 aliphatic carbocycles. The lowest BCUT2D eigenvalue weighted by Gasteiger charge is -2.46. The van der Waals surface area contributed by atoms with Crippen LogP contribution in [0.5, 0.6) is 0 Å². The molecule has 0 radical (unpaired) electrons. The first-order valence-corrected chi connectivity index (χ1v) is 9.71. The first kappa shape index (κ1) is 17.5. The highest BCUT2D eigenvalue weighted by atomic mass is 16.5. The van der Waals surface area contributed by atoms with Crippen molar-refractivity contribution in [2.45, 2.75) is 13.3 Å². The Balaban J connectivity index is 1.22. The third kappa shape index (κ3) is 2.37. The molecule has 148 valence electrons. The van der Waals surface area contributed by atoms with Gasteiger partial charge in [0.1, 0.15) is 5.69 Å². The van der Waals surface area contributed by atoms with Crippen LogP contribution in [0.3, 0.4) is 0 Å². The minimum absolute atomic E-state index is 0.00114. The normalized spacial score (nSPS) is 30.0. The molecule has 0 aromatic carbocycles. The van der Waals surface area contributed by atoms with Gasteiger partial charge in [-0.2, -0.15) is 0 Å². The lowest BCUT2D eigenvalue weighted by molar-refractivity contribution is -0.148. The number of hydrogen-bond donors (Lipinski definition) is 3. The Morgan fingerprint density at radius 2 is 2.29 bits per heavy atom. The third-order valence-corrected chi connectivity index (χ3v) is 7.21. The molecule has 28 heavy (non-hydrogen) atoms. The van der Waals surface area contributed by atoms with Gasteiger partial charge in [0, 0.05) is 53.8 Å². The number of pyridine rings is 1. The van der Waals surface area contributed by atoms with E-state index in [9.17, 15) is 14.7 Å². The zero-order chi connectivity index (χ0) is 19.5. The molecule has 8 heteroatoms. The Hall–Kier alpha value is -2.61. The fraction of sp³-hybridized carbons (Fsp3) is 0.550. The Kier molecular flexibility index (Phi) is 3.71. The molecule has 4 heterocycles. The van der Waals surface area contributed by atoms with Crippen LogP contribution in [-0.2, 0) is 4.74 Å². The number of piperidine rings is 1. The molecule has 3 atom stereocenters. The van der Waals surface area contributed by atoms with Crippen LogP contribution in [0.15, 0.2) is 24.5 Å². The number of aromatic nitrogens is 2. The molecule has 2 aromatic rings. The van der Waals surface area contributed by atoms with E-state index in [1.807, 2.05) is 12.1 Å². The number of hydrogen-bond acceptors (Lipinski definition) is 4. The number of likely N-dealkylation sites (tertiary alicyclic amines) is 1. The Labute approximate surface area is 162 Å². The van der Waals surface area contributed by atoms with Crippen molar-refractivity contribution in [2.75, 3.05) is 32.8 Å². The van der Waals surface area contributed by atoms with Gasteiger partial charge in [-0.25, -0.2) is 4.79 Å². The zero-order valence-electron chi connectivity index (χ0n) is 15.8. The highest BCUT2D eigenvalue weighted by molar-refractivity contribution is 5.97. The molecule has 2 aromatic heterocycles. The number of nitrogens with one attached hydrogen (secondary N) is 2. The lowest BCUT2D eigenvalue weighted by Crippen LogP contribution is -2.51. The van der Waals surface area contributed by atoms with Gasteiger partial charge < -0.3 is 25.0 Å². The second-order valence-electron chi connectivity index (χ2n) is 8.66. The van der Waals surface area contributed by atoms with Gasteiger partial charge >= 0.3 is 6.09 Å². The quantitative estimate of drug-likeness (QED) is 0.730. The monoisotopic (exact) mass is 384 g/mol. The summed E-state index contributed by atoms with van der Waals surface area (Å²) in [7, 11) is 0. The van der Waals surface area contributed by atoms with Gasteiger partial charge in [0.15, 0.2) is 0 Å². The summed E-state index contributed by atoms with van der Waals surface area (Å²) in [6.07, 6.45) is 3.45. The van der Waals surface area contributed by atoms with Gasteiger partial charge in [-0.3, -0.25) is 9.78 Å². The van der Waals surface area contributed by atoms with Gasteiger partial charge in [0.2, 0.25) is 0 Å². The maximum Gasteiger partial charge on any atom is 0.407 e. The van der Waals surface area contributed by atoms with Crippen molar-refractivity contribution in [3.8, 4) is 0 Å². The Morgan fingerprint density at radius 1 is 1.46 bits per heavy atom. The fourth-order valence-corrected chi connectivity index (χ4v) is 5.65. The van der Waals surface area contributed by atoms with Crippen LogP contribution in [0.4, 0.5) is 4.79 Å². The largest absolute Gasteiger partial charge is 0.465 e. The van der Waals surface area contributed by atoms with Gasteiger partial charge in [0.05, 0.1) is 13.2 Å². The van der Waals surface area contributed by atoms with E-state index in [0.717, 1.165) is 17.3 Å². The number of H-pyrrole nitrogens is 1. The first-order valence-electron chi connectivity index (χ1n) is 9.71. The van der Waals surface area contributed by atoms with Crippen molar-refractivity contribution < 1.29 is 19.4 Å². The van der Waals surface area contributed by atoms with Crippen molar-refractivity contribution in [2.24, 2.45) is 22.7 Å². The van der Waals surface area contributed by atoms with Crippen molar-refractivity contribution in [3.63, 3.8) is 0 Å². The lowest BCUT2D eigenvalue weighted by atomic mass is 9.70. The first-order chi connectivity index (χ1) is 13.4. The molecule has 3 fully saturated rings. The van der Waals surface area contributed by atoms with Gasteiger partial charge in [-0.1, -0.05) is 6.92 Å². The summed E-state index contributed by atoms with van der Waals surface area (Å²) >= 11 is 0. The summed E-state index contributed by atoms with van der Waals surface area (Å²) in [6, 6.07) is 3.65. The molecule has 2 saturated heterocycles. The number of carbonyl (C=O) groups is 2. The molecule has 0 spiro atoms. The van der Waals surface area contributed by atoms with E-state index in [0.29, 0.717) is 50.4 Å². The standard InChI is InChI=1S/C20H24N4O4/c1-19(10-28-11-19)20-9-24(18(26)27)8-14(20)13(20)2-5-22-17(25)16-6-12-7-21-4-3-15(12)23-16/h3-4,6-7,13-14,23H,2,5,8-11H2,1H3,(H,22,25)(H,26,27). The smallest absolute Gasteiger partial charge is 0.407 e. The third-order valence-electron chi connectivity index (χ3n) is 7.21. The second kappa shape index (κ2) is 5.94. The summed E-state index contributed by atoms with van der Waals surface area (Å²) in [5.74, 6) is 0.680. The Morgan fingerprint density at radius 3 is 2.96 bits per heavy atom. The van der Waals surface area contributed by atoms with Crippen LogP contribution in [0.2, 0.25) is 0 Å². The fourth-order valence-electron chi connectivity index (χ4n) is 5.65. The van der Waals surface area contributed by atoms with E-state index in [1.54, 1.807) is 17.3 Å². The number of ether oxygens (including phenoxy) is 1. The zero-order valence-corrected chi connectivity index (χ0v) is 15.8. The van der Waals surface area contributed by atoms with E-state index in [-0.39, 0.29) is 16.7 Å². The van der Waals surface area contributed by atoms with Crippen molar-refractivity contribution in [3.05, 3.63) is 30.2 Å². The van der Waals surface area contributed by atoms with Crippen LogP contribution in [-0.4, -0.2) is 64.8 Å². The minimum atomic E-state index is -0.837. The summed E-state index contributed by atoms with van der Waals surface area (Å²) < 4.78 is 5.47. The van der Waals surface area contributed by atoms with E-state index in [1.165, 1.54) is 0 Å². The summed E-state index contributed by atoms with van der Waals surface area (Å²) in [6.45, 7) is 5.37. The summed E-state index contributed by atoms with van der Waals surface area (Å²) in [5.41, 5.74) is 1.47. The molecule has 3 aliphatic rings. The van der Waals surface area contributed by atoms with E-state index < -0.39 is 6.09 Å². The number of fused-ring (bicyclic) bond motifs is 2. The number of nitrogens with zero attached hydrogens (tertiary/aromatic N) is 2. The maximum absolute atomic E-state index is 12.5. The second-order valence-corrected chi connectivity index (χ2v) is 8.66. The molecule has 2 amide bonds. The average molecular weight is 384 g/mol. The molecule has 3 unspecified atom stereocenters. The van der Waals surface area contributed by atoms with E-state index in [4.69, 9.17) is 4.74 Å². The molecular weight excluding hydrogens is 360 g/mol. The predicted molar refractivity (Wildman–Crippen MR) is 101 cm³/mol. The molecular formula is C20H24N4O4. The molecule has 8 nitrogen and oxygen atoms in total. The minimum Gasteiger partial charge on any atom is -0.465 e.